The standard InChI is InChI=1S/C16H13N3O2/c1-11(20)21-19-16(12-5-3-2-4-6-12)13-7-8-14-15(9-13)18-10-17-14/h2-10H,1H3,(H,17,18)/b19-16-. The Morgan fingerprint density at radius 3 is 2.71 bits per heavy atom. The molecule has 0 aliphatic rings. The van der Waals surface area contributed by atoms with Gasteiger partial charge in [-0.2, -0.15) is 0 Å². The number of nitrogens with one attached hydrogen (secondary N) is 1. The maximum absolute atomic E-state index is 11.0. The zero-order chi connectivity index (χ0) is 14.7. The van der Waals surface area contributed by atoms with E-state index in [1.807, 2.05) is 48.5 Å². The number of benzene rings is 2. The van der Waals surface area contributed by atoms with Gasteiger partial charge in [-0.1, -0.05) is 41.6 Å². The van der Waals surface area contributed by atoms with Crippen molar-refractivity contribution >= 4 is 22.7 Å². The first-order chi connectivity index (χ1) is 10.2. The Hall–Kier alpha value is -2.95. The van der Waals surface area contributed by atoms with Crippen molar-refractivity contribution in [2.45, 2.75) is 6.92 Å². The van der Waals surface area contributed by atoms with Gasteiger partial charge in [0, 0.05) is 18.1 Å². The smallest absolute Gasteiger partial charge is 0.332 e. The monoisotopic (exact) mass is 279 g/mol. The van der Waals surface area contributed by atoms with Crippen LogP contribution in [0.25, 0.3) is 11.0 Å². The fourth-order valence-electron chi connectivity index (χ4n) is 2.06. The van der Waals surface area contributed by atoms with Crippen molar-refractivity contribution in [3.8, 4) is 0 Å². The summed E-state index contributed by atoms with van der Waals surface area (Å²) in [5.74, 6) is -0.453. The van der Waals surface area contributed by atoms with Gasteiger partial charge in [0.1, 0.15) is 5.71 Å². The van der Waals surface area contributed by atoms with Crippen LogP contribution in [-0.2, 0) is 9.63 Å². The van der Waals surface area contributed by atoms with Crippen LogP contribution in [0, 0.1) is 0 Å². The van der Waals surface area contributed by atoms with Crippen LogP contribution >= 0.6 is 0 Å². The molecule has 3 rings (SSSR count). The van der Waals surface area contributed by atoms with Gasteiger partial charge in [0.05, 0.1) is 17.4 Å². The third-order valence-corrected chi connectivity index (χ3v) is 3.01. The molecule has 5 heteroatoms. The summed E-state index contributed by atoms with van der Waals surface area (Å²) >= 11 is 0. The second kappa shape index (κ2) is 5.58. The van der Waals surface area contributed by atoms with Gasteiger partial charge in [-0.05, 0) is 12.1 Å². The van der Waals surface area contributed by atoms with E-state index < -0.39 is 5.97 Å². The number of carbonyl (C=O) groups is 1. The molecule has 0 saturated carbocycles. The average molecular weight is 279 g/mol. The predicted molar refractivity (Wildman–Crippen MR) is 79.9 cm³/mol. The number of nitrogens with zero attached hydrogens (tertiary/aromatic N) is 2. The molecular weight excluding hydrogens is 266 g/mol. The van der Waals surface area contributed by atoms with E-state index >= 15 is 0 Å². The van der Waals surface area contributed by atoms with E-state index in [1.165, 1.54) is 6.92 Å². The van der Waals surface area contributed by atoms with Gasteiger partial charge in [0.2, 0.25) is 0 Å². The van der Waals surface area contributed by atoms with E-state index in [0.717, 1.165) is 22.2 Å². The lowest BCUT2D eigenvalue weighted by Crippen LogP contribution is -2.06. The van der Waals surface area contributed by atoms with Crippen LogP contribution < -0.4 is 0 Å². The van der Waals surface area contributed by atoms with Crippen molar-refractivity contribution in [3.63, 3.8) is 0 Å². The molecule has 5 nitrogen and oxygen atoms in total. The van der Waals surface area contributed by atoms with Gasteiger partial charge in [0.15, 0.2) is 0 Å². The second-order valence-corrected chi connectivity index (χ2v) is 4.52. The number of carbonyl (C=O) groups excluding carboxylic acids is 1. The van der Waals surface area contributed by atoms with Crippen molar-refractivity contribution in [1.82, 2.24) is 9.97 Å². The highest BCUT2D eigenvalue weighted by atomic mass is 16.7. The molecule has 0 aliphatic carbocycles. The minimum Gasteiger partial charge on any atom is -0.345 e. The number of hydrogen-bond acceptors (Lipinski definition) is 4. The number of fused-ring (bicyclic) bond motifs is 1. The Balaban J connectivity index is 2.09. The Morgan fingerprint density at radius 1 is 1.14 bits per heavy atom. The van der Waals surface area contributed by atoms with Crippen molar-refractivity contribution in [3.05, 3.63) is 66.0 Å². The molecule has 1 heterocycles. The van der Waals surface area contributed by atoms with E-state index in [1.54, 1.807) is 6.33 Å². The lowest BCUT2D eigenvalue weighted by Gasteiger charge is -2.06. The Kier molecular flexibility index (Phi) is 3.47. The quantitative estimate of drug-likeness (QED) is 0.455. The molecule has 104 valence electrons. The number of H-pyrrole nitrogens is 1. The van der Waals surface area contributed by atoms with Gasteiger partial charge in [-0.3, -0.25) is 0 Å². The van der Waals surface area contributed by atoms with E-state index in [0.29, 0.717) is 5.71 Å². The fraction of sp³-hybridized carbons (Fsp3) is 0.0625. The van der Waals surface area contributed by atoms with Crippen LogP contribution in [0.15, 0.2) is 60.0 Å². The van der Waals surface area contributed by atoms with Gasteiger partial charge < -0.3 is 9.82 Å². The van der Waals surface area contributed by atoms with Crippen LogP contribution in [0.4, 0.5) is 0 Å². The first-order valence-electron chi connectivity index (χ1n) is 6.48. The topological polar surface area (TPSA) is 67.3 Å². The van der Waals surface area contributed by atoms with Crippen LogP contribution in [-0.4, -0.2) is 21.6 Å². The summed E-state index contributed by atoms with van der Waals surface area (Å²) in [7, 11) is 0. The molecule has 0 saturated heterocycles. The van der Waals surface area contributed by atoms with Crippen molar-refractivity contribution in [2.24, 2.45) is 5.16 Å². The first-order valence-corrected chi connectivity index (χ1v) is 6.48. The molecular formula is C16H13N3O2. The van der Waals surface area contributed by atoms with Crippen LogP contribution in [0.3, 0.4) is 0 Å². The van der Waals surface area contributed by atoms with Crippen molar-refractivity contribution in [1.29, 1.82) is 0 Å². The maximum Gasteiger partial charge on any atom is 0.332 e. The third-order valence-electron chi connectivity index (χ3n) is 3.01. The summed E-state index contributed by atoms with van der Waals surface area (Å²) in [5, 5.41) is 3.99. The van der Waals surface area contributed by atoms with Crippen molar-refractivity contribution < 1.29 is 9.63 Å². The fourth-order valence-corrected chi connectivity index (χ4v) is 2.06. The highest BCUT2D eigenvalue weighted by molar-refractivity contribution is 6.13. The normalized spacial score (nSPS) is 11.6. The molecule has 0 fully saturated rings. The molecule has 0 aliphatic heterocycles. The zero-order valence-electron chi connectivity index (χ0n) is 11.4. The summed E-state index contributed by atoms with van der Waals surface area (Å²) in [6.07, 6.45) is 1.64. The zero-order valence-corrected chi connectivity index (χ0v) is 11.4. The van der Waals surface area contributed by atoms with Gasteiger partial charge in [-0.15, -0.1) is 0 Å². The molecule has 0 atom stereocenters. The van der Waals surface area contributed by atoms with E-state index in [-0.39, 0.29) is 0 Å². The highest BCUT2D eigenvalue weighted by Gasteiger charge is 2.10. The molecule has 0 radical (unpaired) electrons. The van der Waals surface area contributed by atoms with Gasteiger partial charge >= 0.3 is 5.97 Å². The lowest BCUT2D eigenvalue weighted by molar-refractivity contribution is -0.140. The van der Waals surface area contributed by atoms with Crippen molar-refractivity contribution in [2.75, 3.05) is 0 Å². The molecule has 1 aromatic heterocycles. The van der Waals surface area contributed by atoms with E-state index in [4.69, 9.17) is 4.84 Å². The molecule has 0 bridgehead atoms. The van der Waals surface area contributed by atoms with Gasteiger partial charge in [0.25, 0.3) is 0 Å². The number of imidazole rings is 1. The number of aromatic nitrogens is 2. The van der Waals surface area contributed by atoms with E-state index in [2.05, 4.69) is 15.1 Å². The average Bonchev–Trinajstić information content (AvgIpc) is 2.96. The third kappa shape index (κ3) is 2.81. The minimum absolute atomic E-state index is 0.453. The predicted octanol–water partition coefficient (Wildman–Crippen LogP) is 2.88. The van der Waals surface area contributed by atoms with E-state index in [9.17, 15) is 4.79 Å². The van der Waals surface area contributed by atoms with Crippen LogP contribution in [0.2, 0.25) is 0 Å². The molecule has 0 amide bonds. The Morgan fingerprint density at radius 2 is 1.95 bits per heavy atom. The lowest BCUT2D eigenvalue weighted by atomic mass is 10.0. The van der Waals surface area contributed by atoms with Gasteiger partial charge in [-0.25, -0.2) is 9.78 Å². The first kappa shape index (κ1) is 13.1. The maximum atomic E-state index is 11.0. The molecule has 0 spiro atoms. The van der Waals surface area contributed by atoms with Crippen LogP contribution in [0.1, 0.15) is 18.1 Å². The number of oxime groups is 1. The largest absolute Gasteiger partial charge is 0.345 e. The number of aromatic amines is 1. The summed E-state index contributed by atoms with van der Waals surface area (Å²) < 4.78 is 0. The summed E-state index contributed by atoms with van der Waals surface area (Å²) in [4.78, 5) is 23.1. The SMILES string of the molecule is CC(=O)O/N=C(/c1ccccc1)c1ccc2nc[nH]c2c1. The molecule has 3 aromatic rings. The summed E-state index contributed by atoms with van der Waals surface area (Å²) in [6, 6.07) is 15.3. The highest BCUT2D eigenvalue weighted by Crippen LogP contribution is 2.16. The molecule has 1 N–H and O–H groups in total. The summed E-state index contributed by atoms with van der Waals surface area (Å²) in [5.41, 5.74) is 4.09. The minimum atomic E-state index is -0.453. The van der Waals surface area contributed by atoms with Crippen LogP contribution in [0.5, 0.6) is 0 Å². The number of hydrogen-bond donors (Lipinski definition) is 1. The molecule has 0 unspecified atom stereocenters. The molecule has 2 aromatic carbocycles. The second-order valence-electron chi connectivity index (χ2n) is 4.52. The Bertz CT molecular complexity index is 807. The summed E-state index contributed by atoms with van der Waals surface area (Å²) in [6.45, 7) is 1.32. The molecule has 21 heavy (non-hydrogen) atoms. The number of rotatable bonds is 3. The Labute approximate surface area is 121 Å².